The van der Waals surface area contributed by atoms with Crippen LogP contribution in [0, 0.1) is 17.3 Å². The molecule has 0 N–H and O–H groups in total. The third-order valence-electron chi connectivity index (χ3n) is 4.57. The van der Waals surface area contributed by atoms with E-state index in [-0.39, 0.29) is 5.41 Å². The Kier molecular flexibility index (Phi) is 3.88. The number of isocyanates is 2. The van der Waals surface area contributed by atoms with Gasteiger partial charge in [0, 0.05) is 0 Å². The Morgan fingerprint density at radius 1 is 1.18 bits per heavy atom. The second-order valence-corrected chi connectivity index (χ2v) is 5.43. The van der Waals surface area contributed by atoms with Crippen molar-refractivity contribution in [1.82, 2.24) is 0 Å². The Labute approximate surface area is 101 Å². The molecule has 2 aliphatic carbocycles. The van der Waals surface area contributed by atoms with Crippen molar-refractivity contribution in [2.45, 2.75) is 38.5 Å². The highest BCUT2D eigenvalue weighted by atomic mass is 16.1. The van der Waals surface area contributed by atoms with Gasteiger partial charge in [-0.1, -0.05) is 6.42 Å². The number of fused-ring (bicyclic) bond motifs is 2. The molecule has 0 aromatic carbocycles. The molecule has 0 heterocycles. The second-order valence-electron chi connectivity index (χ2n) is 5.43. The molecule has 0 saturated heterocycles. The summed E-state index contributed by atoms with van der Waals surface area (Å²) in [5.74, 6) is 1.54. The maximum atomic E-state index is 10.3. The summed E-state index contributed by atoms with van der Waals surface area (Å²) in [5, 5.41) is 0. The van der Waals surface area contributed by atoms with Crippen LogP contribution in [0.4, 0.5) is 0 Å². The molecule has 0 amide bonds. The molecule has 0 aliphatic heterocycles. The summed E-state index contributed by atoms with van der Waals surface area (Å²) < 4.78 is 0. The van der Waals surface area contributed by atoms with Crippen molar-refractivity contribution in [2.75, 3.05) is 13.1 Å². The fourth-order valence-electron chi connectivity index (χ4n) is 3.88. The number of rotatable bonds is 6. The number of aliphatic imine (C=N–C) groups is 2. The van der Waals surface area contributed by atoms with Crippen LogP contribution in [0.3, 0.4) is 0 Å². The molecular formula is C13H18N2O2. The molecule has 0 radical (unpaired) electrons. The van der Waals surface area contributed by atoms with Gasteiger partial charge in [0.1, 0.15) is 0 Å². The number of hydrogen-bond donors (Lipinski definition) is 0. The topological polar surface area (TPSA) is 58.9 Å². The van der Waals surface area contributed by atoms with E-state index in [9.17, 15) is 9.59 Å². The first kappa shape index (κ1) is 12.2. The molecule has 3 unspecified atom stereocenters. The maximum absolute atomic E-state index is 10.3. The van der Waals surface area contributed by atoms with Crippen molar-refractivity contribution in [2.24, 2.45) is 27.2 Å². The largest absolute Gasteiger partial charge is 0.234 e. The highest BCUT2D eigenvalue weighted by Crippen LogP contribution is 2.58. The monoisotopic (exact) mass is 234 g/mol. The zero-order valence-electron chi connectivity index (χ0n) is 10.0. The van der Waals surface area contributed by atoms with Gasteiger partial charge in [-0.2, -0.15) is 0 Å². The lowest BCUT2D eigenvalue weighted by Crippen LogP contribution is -2.31. The Bertz CT molecular complexity index is 370. The quantitative estimate of drug-likeness (QED) is 0.402. The van der Waals surface area contributed by atoms with Gasteiger partial charge in [-0.3, -0.25) is 0 Å². The summed E-state index contributed by atoms with van der Waals surface area (Å²) in [6.07, 6.45) is 10.3. The van der Waals surface area contributed by atoms with Crippen LogP contribution in [0.1, 0.15) is 38.5 Å². The van der Waals surface area contributed by atoms with Crippen LogP contribution in [-0.4, -0.2) is 25.2 Å². The number of carbonyl (C=O) groups excluding carboxylic acids is 2. The van der Waals surface area contributed by atoms with E-state index >= 15 is 0 Å². The molecule has 0 aromatic rings. The zero-order chi connectivity index (χ0) is 12.1. The summed E-state index contributed by atoms with van der Waals surface area (Å²) in [6, 6.07) is 0. The predicted octanol–water partition coefficient (Wildman–Crippen LogP) is 2.24. The van der Waals surface area contributed by atoms with Gasteiger partial charge >= 0.3 is 0 Å². The van der Waals surface area contributed by atoms with Gasteiger partial charge in [0.2, 0.25) is 12.2 Å². The van der Waals surface area contributed by atoms with Crippen molar-refractivity contribution in [1.29, 1.82) is 0 Å². The smallest absolute Gasteiger partial charge is 0.211 e. The van der Waals surface area contributed by atoms with E-state index in [4.69, 9.17) is 0 Å². The minimum absolute atomic E-state index is 0.193. The first-order valence-corrected chi connectivity index (χ1v) is 6.38. The van der Waals surface area contributed by atoms with Crippen molar-refractivity contribution < 1.29 is 9.59 Å². The Morgan fingerprint density at radius 3 is 2.59 bits per heavy atom. The first-order chi connectivity index (χ1) is 8.30. The van der Waals surface area contributed by atoms with Crippen molar-refractivity contribution in [3.8, 4) is 0 Å². The van der Waals surface area contributed by atoms with Crippen LogP contribution in [-0.2, 0) is 9.59 Å². The first-order valence-electron chi connectivity index (χ1n) is 6.38. The van der Waals surface area contributed by atoms with Crippen LogP contribution >= 0.6 is 0 Å². The summed E-state index contributed by atoms with van der Waals surface area (Å²) in [5.41, 5.74) is 0.193. The van der Waals surface area contributed by atoms with E-state index in [1.54, 1.807) is 12.2 Å². The molecule has 4 nitrogen and oxygen atoms in total. The zero-order valence-corrected chi connectivity index (χ0v) is 10.0. The molecule has 2 rings (SSSR count). The molecule has 2 saturated carbocycles. The van der Waals surface area contributed by atoms with E-state index in [0.717, 1.165) is 18.8 Å². The molecule has 0 aromatic heterocycles. The lowest BCUT2D eigenvalue weighted by atomic mass is 9.70. The fraction of sp³-hybridized carbons (Fsp3) is 0.846. The van der Waals surface area contributed by atoms with Gasteiger partial charge in [-0.05, 0) is 49.4 Å². The van der Waals surface area contributed by atoms with Crippen LogP contribution < -0.4 is 0 Å². The number of nitrogens with zero attached hydrogens (tertiary/aromatic N) is 2. The molecule has 2 fully saturated rings. The minimum atomic E-state index is 0.193. The van der Waals surface area contributed by atoms with Crippen molar-refractivity contribution >= 4 is 12.2 Å². The molecule has 2 bridgehead atoms. The molecule has 2 aliphatic rings. The lowest BCUT2D eigenvalue weighted by Gasteiger charge is -2.36. The van der Waals surface area contributed by atoms with Crippen molar-refractivity contribution in [3.63, 3.8) is 0 Å². The van der Waals surface area contributed by atoms with E-state index in [1.165, 1.54) is 25.7 Å². The molecule has 3 atom stereocenters. The third kappa shape index (κ3) is 2.54. The molecule has 92 valence electrons. The summed E-state index contributed by atoms with van der Waals surface area (Å²) in [6.45, 7) is 1.16. The van der Waals surface area contributed by atoms with Crippen LogP contribution in [0.2, 0.25) is 0 Å². The average Bonchev–Trinajstić information content (AvgIpc) is 2.93. The van der Waals surface area contributed by atoms with Crippen LogP contribution in [0.25, 0.3) is 0 Å². The lowest BCUT2D eigenvalue weighted by molar-refractivity contribution is 0.155. The standard InChI is InChI=1S/C13H18N2O2/c16-9-14-5-1-4-13(8-15-10-17)7-11-2-3-12(13)6-11/h11-12H,1-8H2. The van der Waals surface area contributed by atoms with Crippen molar-refractivity contribution in [3.05, 3.63) is 0 Å². The van der Waals surface area contributed by atoms with E-state index < -0.39 is 0 Å². The van der Waals surface area contributed by atoms with Gasteiger partial charge in [0.05, 0.1) is 13.1 Å². The molecule has 0 spiro atoms. The summed E-state index contributed by atoms with van der Waals surface area (Å²) in [7, 11) is 0. The average molecular weight is 234 g/mol. The molecule has 17 heavy (non-hydrogen) atoms. The fourth-order valence-corrected chi connectivity index (χ4v) is 3.88. The Balaban J connectivity index is 1.98. The highest BCUT2D eigenvalue weighted by Gasteiger charge is 2.50. The van der Waals surface area contributed by atoms with E-state index in [0.29, 0.717) is 19.0 Å². The van der Waals surface area contributed by atoms with Crippen LogP contribution in [0.15, 0.2) is 9.98 Å². The second kappa shape index (κ2) is 5.39. The van der Waals surface area contributed by atoms with Gasteiger partial charge in [0.25, 0.3) is 0 Å². The van der Waals surface area contributed by atoms with Gasteiger partial charge in [-0.15, -0.1) is 0 Å². The van der Waals surface area contributed by atoms with Gasteiger partial charge < -0.3 is 0 Å². The van der Waals surface area contributed by atoms with Crippen LogP contribution in [0.5, 0.6) is 0 Å². The predicted molar refractivity (Wildman–Crippen MR) is 63.1 cm³/mol. The molecule has 4 heteroatoms. The normalized spacial score (nSPS) is 34.1. The summed E-state index contributed by atoms with van der Waals surface area (Å²) in [4.78, 5) is 27.8. The van der Waals surface area contributed by atoms with E-state index in [1.807, 2.05) is 0 Å². The minimum Gasteiger partial charge on any atom is -0.211 e. The highest BCUT2D eigenvalue weighted by molar-refractivity contribution is 5.33. The Morgan fingerprint density at radius 2 is 2.00 bits per heavy atom. The third-order valence-corrected chi connectivity index (χ3v) is 4.57. The maximum Gasteiger partial charge on any atom is 0.234 e. The molecular weight excluding hydrogens is 216 g/mol. The number of hydrogen-bond acceptors (Lipinski definition) is 4. The van der Waals surface area contributed by atoms with Gasteiger partial charge in [0.15, 0.2) is 0 Å². The SMILES string of the molecule is O=C=NCCCC1(CN=C=O)CC2CCC1C2. The summed E-state index contributed by atoms with van der Waals surface area (Å²) >= 11 is 0. The van der Waals surface area contributed by atoms with E-state index in [2.05, 4.69) is 9.98 Å². The van der Waals surface area contributed by atoms with Gasteiger partial charge in [-0.25, -0.2) is 19.6 Å². The Hall–Kier alpha value is -1.24.